The molecule has 1 aromatic heterocycles. The van der Waals surface area contributed by atoms with E-state index in [9.17, 15) is 4.79 Å². The van der Waals surface area contributed by atoms with Gasteiger partial charge in [0.15, 0.2) is 0 Å². The van der Waals surface area contributed by atoms with Crippen molar-refractivity contribution in [1.29, 1.82) is 0 Å². The van der Waals surface area contributed by atoms with E-state index in [0.29, 0.717) is 25.7 Å². The smallest absolute Gasteiger partial charge is 0.223 e. The summed E-state index contributed by atoms with van der Waals surface area (Å²) in [6.45, 7) is 5.89. The Kier molecular flexibility index (Phi) is 4.36. The largest absolute Gasteiger partial charge is 0.381 e. The number of carbonyl (C=O) groups excluding carboxylic acids is 1. The van der Waals surface area contributed by atoms with Crippen molar-refractivity contribution in [3.8, 4) is 0 Å². The summed E-state index contributed by atoms with van der Waals surface area (Å²) in [5.41, 5.74) is 0.777. The van der Waals surface area contributed by atoms with Crippen LogP contribution in [0.2, 0.25) is 0 Å². The molecule has 0 aliphatic carbocycles. The zero-order valence-electron chi connectivity index (χ0n) is 10.9. The molecule has 0 bridgehead atoms. The van der Waals surface area contributed by atoms with Gasteiger partial charge in [-0.2, -0.15) is 0 Å². The average molecular weight is 252 g/mol. The quantitative estimate of drug-likeness (QED) is 0.888. The first-order valence-corrected chi connectivity index (χ1v) is 6.47. The van der Waals surface area contributed by atoms with Gasteiger partial charge in [-0.05, 0) is 12.8 Å². The normalized spacial score (nSPS) is 17.1. The number of hydrogen-bond donors (Lipinski definition) is 1. The molecule has 1 N–H and O–H groups in total. The van der Waals surface area contributed by atoms with Crippen molar-refractivity contribution in [1.82, 2.24) is 10.5 Å². The van der Waals surface area contributed by atoms with Gasteiger partial charge in [0.2, 0.25) is 5.91 Å². The first kappa shape index (κ1) is 13.1. The molecule has 2 rings (SSSR count). The molecule has 100 valence electrons. The van der Waals surface area contributed by atoms with Gasteiger partial charge in [0.25, 0.3) is 0 Å². The van der Waals surface area contributed by atoms with Crippen molar-refractivity contribution in [2.24, 2.45) is 5.92 Å². The monoisotopic (exact) mass is 252 g/mol. The first-order valence-electron chi connectivity index (χ1n) is 6.47. The van der Waals surface area contributed by atoms with Crippen LogP contribution < -0.4 is 5.32 Å². The lowest BCUT2D eigenvalue weighted by Gasteiger charge is -2.20. The Labute approximate surface area is 107 Å². The predicted molar refractivity (Wildman–Crippen MR) is 66.0 cm³/mol. The van der Waals surface area contributed by atoms with Crippen molar-refractivity contribution >= 4 is 5.91 Å². The van der Waals surface area contributed by atoms with Crippen molar-refractivity contribution in [2.45, 2.75) is 39.2 Å². The maximum Gasteiger partial charge on any atom is 0.223 e. The van der Waals surface area contributed by atoms with Crippen LogP contribution in [-0.2, 0) is 16.1 Å². The van der Waals surface area contributed by atoms with E-state index in [-0.39, 0.29) is 11.8 Å². The van der Waals surface area contributed by atoms with Gasteiger partial charge in [0.1, 0.15) is 11.5 Å². The molecule has 5 heteroatoms. The van der Waals surface area contributed by atoms with Crippen LogP contribution in [0.5, 0.6) is 0 Å². The molecule has 1 fully saturated rings. The lowest BCUT2D eigenvalue weighted by atomic mass is 9.99. The van der Waals surface area contributed by atoms with E-state index in [4.69, 9.17) is 9.26 Å². The Morgan fingerprint density at radius 1 is 1.50 bits per heavy atom. The fourth-order valence-corrected chi connectivity index (χ4v) is 1.97. The summed E-state index contributed by atoms with van der Waals surface area (Å²) < 4.78 is 10.4. The highest BCUT2D eigenvalue weighted by molar-refractivity contribution is 5.78. The molecule has 5 nitrogen and oxygen atoms in total. The number of rotatable bonds is 4. The number of amides is 1. The van der Waals surface area contributed by atoms with Gasteiger partial charge in [0, 0.05) is 31.1 Å². The molecule has 18 heavy (non-hydrogen) atoms. The Hall–Kier alpha value is -1.36. The van der Waals surface area contributed by atoms with Gasteiger partial charge in [-0.15, -0.1) is 0 Å². The molecular formula is C13H20N2O3. The molecule has 0 unspecified atom stereocenters. The van der Waals surface area contributed by atoms with E-state index >= 15 is 0 Å². The maximum absolute atomic E-state index is 11.9. The van der Waals surface area contributed by atoms with Gasteiger partial charge in [-0.3, -0.25) is 4.79 Å². The minimum atomic E-state index is 0.0789. The summed E-state index contributed by atoms with van der Waals surface area (Å²) in [6, 6.07) is 1.90. The zero-order valence-corrected chi connectivity index (χ0v) is 10.9. The second kappa shape index (κ2) is 6.00. The summed E-state index contributed by atoms with van der Waals surface area (Å²) in [6.07, 6.45) is 1.61. The zero-order chi connectivity index (χ0) is 13.0. The standard InChI is InChI=1S/C13H20N2O3/c1-9(2)12-7-11(15-18-12)8-14-13(16)10-3-5-17-6-4-10/h7,9-10H,3-6,8H2,1-2H3,(H,14,16). The molecule has 1 amide bonds. The fraction of sp³-hybridized carbons (Fsp3) is 0.692. The van der Waals surface area contributed by atoms with Crippen LogP contribution >= 0.6 is 0 Å². The van der Waals surface area contributed by atoms with E-state index in [2.05, 4.69) is 10.5 Å². The highest BCUT2D eigenvalue weighted by Gasteiger charge is 2.21. The van der Waals surface area contributed by atoms with Crippen LogP contribution in [0.15, 0.2) is 10.6 Å². The van der Waals surface area contributed by atoms with E-state index in [1.165, 1.54) is 0 Å². The van der Waals surface area contributed by atoms with Gasteiger partial charge in [0.05, 0.1) is 6.54 Å². The molecule has 0 atom stereocenters. The van der Waals surface area contributed by atoms with Crippen molar-refractivity contribution < 1.29 is 14.1 Å². The molecule has 0 spiro atoms. The Bertz CT molecular complexity index is 395. The van der Waals surface area contributed by atoms with Crippen LogP contribution in [-0.4, -0.2) is 24.3 Å². The van der Waals surface area contributed by atoms with Crippen molar-refractivity contribution in [2.75, 3.05) is 13.2 Å². The SMILES string of the molecule is CC(C)c1cc(CNC(=O)C2CCOCC2)no1. The number of hydrogen-bond acceptors (Lipinski definition) is 4. The van der Waals surface area contributed by atoms with Crippen LogP contribution in [0, 0.1) is 5.92 Å². The Morgan fingerprint density at radius 3 is 2.83 bits per heavy atom. The predicted octanol–water partition coefficient (Wildman–Crippen LogP) is 1.84. The van der Waals surface area contributed by atoms with Crippen LogP contribution in [0.4, 0.5) is 0 Å². The number of ether oxygens (including phenoxy) is 1. The lowest BCUT2D eigenvalue weighted by Crippen LogP contribution is -2.33. The maximum atomic E-state index is 11.9. The number of aromatic nitrogens is 1. The summed E-state index contributed by atoms with van der Waals surface area (Å²) in [4.78, 5) is 11.9. The molecule has 0 aromatic carbocycles. The number of carbonyl (C=O) groups is 1. The molecule has 1 saturated heterocycles. The van der Waals surface area contributed by atoms with Gasteiger partial charge in [-0.25, -0.2) is 0 Å². The molecule has 0 radical (unpaired) electrons. The highest BCUT2D eigenvalue weighted by atomic mass is 16.5. The minimum Gasteiger partial charge on any atom is -0.381 e. The molecule has 1 aliphatic rings. The first-order chi connectivity index (χ1) is 8.66. The second-order valence-electron chi connectivity index (χ2n) is 4.98. The summed E-state index contributed by atoms with van der Waals surface area (Å²) in [5.74, 6) is 1.34. The summed E-state index contributed by atoms with van der Waals surface area (Å²) >= 11 is 0. The van der Waals surface area contributed by atoms with Crippen molar-refractivity contribution in [3.63, 3.8) is 0 Å². The third-order valence-electron chi connectivity index (χ3n) is 3.18. The van der Waals surface area contributed by atoms with Crippen molar-refractivity contribution in [3.05, 3.63) is 17.5 Å². The Morgan fingerprint density at radius 2 is 2.22 bits per heavy atom. The van der Waals surface area contributed by atoms with E-state index < -0.39 is 0 Å². The number of nitrogens with one attached hydrogen (secondary N) is 1. The molecular weight excluding hydrogens is 232 g/mol. The summed E-state index contributed by atoms with van der Waals surface area (Å²) in [5, 5.41) is 6.84. The fourth-order valence-electron chi connectivity index (χ4n) is 1.97. The molecule has 0 saturated carbocycles. The van der Waals surface area contributed by atoms with Gasteiger partial charge < -0.3 is 14.6 Å². The molecule has 1 aliphatic heterocycles. The van der Waals surface area contributed by atoms with E-state index in [1.54, 1.807) is 0 Å². The third-order valence-corrected chi connectivity index (χ3v) is 3.18. The number of nitrogens with zero attached hydrogens (tertiary/aromatic N) is 1. The van der Waals surface area contributed by atoms with Gasteiger partial charge in [-0.1, -0.05) is 19.0 Å². The lowest BCUT2D eigenvalue weighted by molar-refractivity contribution is -0.128. The highest BCUT2D eigenvalue weighted by Crippen LogP contribution is 2.16. The van der Waals surface area contributed by atoms with Crippen LogP contribution in [0.1, 0.15) is 44.1 Å². The average Bonchev–Trinajstić information content (AvgIpc) is 2.86. The van der Waals surface area contributed by atoms with Crippen LogP contribution in [0.3, 0.4) is 0 Å². The Balaban J connectivity index is 1.81. The topological polar surface area (TPSA) is 64.4 Å². The second-order valence-corrected chi connectivity index (χ2v) is 4.98. The van der Waals surface area contributed by atoms with E-state index in [0.717, 1.165) is 24.3 Å². The third kappa shape index (κ3) is 3.32. The van der Waals surface area contributed by atoms with E-state index in [1.807, 2.05) is 19.9 Å². The van der Waals surface area contributed by atoms with Gasteiger partial charge >= 0.3 is 0 Å². The minimum absolute atomic E-state index is 0.0789. The molecule has 1 aromatic rings. The molecule has 2 heterocycles. The summed E-state index contributed by atoms with van der Waals surface area (Å²) in [7, 11) is 0. The van der Waals surface area contributed by atoms with Crippen LogP contribution in [0.25, 0.3) is 0 Å².